The molecular weight excluding hydrogens is 188 g/mol. The number of ether oxygens (including phenoxy) is 2. The normalized spacial score (nSPS) is 15.3. The molecular formula is C8H10N2O4. The molecule has 14 heavy (non-hydrogen) atoms. The molecule has 6 heteroatoms. The van der Waals surface area contributed by atoms with Gasteiger partial charge in [0.1, 0.15) is 13.1 Å². The maximum atomic E-state index is 10.5. The fraction of sp³-hybridized carbons (Fsp3) is 0.500. The van der Waals surface area contributed by atoms with Gasteiger partial charge in [-0.1, -0.05) is 0 Å². The van der Waals surface area contributed by atoms with Crippen LogP contribution < -0.4 is 0 Å². The molecule has 0 saturated heterocycles. The summed E-state index contributed by atoms with van der Waals surface area (Å²) < 4.78 is 9.42. The Morgan fingerprint density at radius 2 is 1.36 bits per heavy atom. The number of hydrogen-bond donors (Lipinski definition) is 0. The van der Waals surface area contributed by atoms with Gasteiger partial charge in [-0.15, -0.1) is 0 Å². The molecule has 0 aromatic heterocycles. The van der Waals surface area contributed by atoms with Gasteiger partial charge in [0.25, 0.3) is 0 Å². The van der Waals surface area contributed by atoms with Crippen LogP contribution in [0.4, 0.5) is 0 Å². The van der Waals surface area contributed by atoms with Crippen molar-refractivity contribution in [1.29, 1.82) is 0 Å². The Morgan fingerprint density at radius 3 is 1.57 bits per heavy atom. The fourth-order valence-corrected chi connectivity index (χ4v) is 0.873. The van der Waals surface area contributed by atoms with Crippen LogP contribution in [0.25, 0.3) is 0 Å². The highest BCUT2D eigenvalue weighted by molar-refractivity contribution is 5.97. The van der Waals surface area contributed by atoms with Crippen LogP contribution >= 0.6 is 0 Å². The summed E-state index contributed by atoms with van der Waals surface area (Å²) in [6.45, 7) is 2.83. The fourth-order valence-electron chi connectivity index (χ4n) is 0.873. The number of carbonyl (C=O) groups is 2. The molecule has 0 saturated carbocycles. The summed E-state index contributed by atoms with van der Waals surface area (Å²) in [5.74, 6) is -0.383. The van der Waals surface area contributed by atoms with Gasteiger partial charge in [-0.3, -0.25) is 9.59 Å². The first-order valence-electron chi connectivity index (χ1n) is 4.01. The van der Waals surface area contributed by atoms with E-state index in [2.05, 4.69) is 9.98 Å². The van der Waals surface area contributed by atoms with E-state index in [-0.39, 0.29) is 24.9 Å². The van der Waals surface area contributed by atoms with E-state index in [0.717, 1.165) is 0 Å². The summed E-state index contributed by atoms with van der Waals surface area (Å²) in [6, 6.07) is 0. The summed E-state index contributed by atoms with van der Waals surface area (Å²) in [7, 11) is 0. The van der Waals surface area contributed by atoms with Crippen LogP contribution in [-0.2, 0) is 19.1 Å². The van der Waals surface area contributed by atoms with Crippen LogP contribution in [0.3, 0.4) is 0 Å². The molecule has 1 heterocycles. The van der Waals surface area contributed by atoms with Gasteiger partial charge in [0.05, 0.1) is 0 Å². The van der Waals surface area contributed by atoms with E-state index >= 15 is 0 Å². The molecule has 0 aromatic carbocycles. The van der Waals surface area contributed by atoms with Crippen molar-refractivity contribution in [3.05, 3.63) is 0 Å². The Bertz CT molecular complexity index is 287. The first kappa shape index (κ1) is 10.4. The predicted molar refractivity (Wildman–Crippen MR) is 48.1 cm³/mol. The van der Waals surface area contributed by atoms with E-state index in [1.54, 1.807) is 0 Å². The van der Waals surface area contributed by atoms with Crippen molar-refractivity contribution in [2.75, 3.05) is 13.1 Å². The average Bonchev–Trinajstić information content (AvgIpc) is 2.06. The molecule has 76 valence electrons. The molecule has 1 aliphatic heterocycles. The van der Waals surface area contributed by atoms with Gasteiger partial charge < -0.3 is 9.47 Å². The number of hydrogen-bond acceptors (Lipinski definition) is 6. The SMILES string of the molecule is CC(=O)OC1=NCC(OC(C)=O)=NC1. The quantitative estimate of drug-likeness (QED) is 0.510. The lowest BCUT2D eigenvalue weighted by Gasteiger charge is -2.10. The van der Waals surface area contributed by atoms with Crippen LogP contribution in [0.1, 0.15) is 13.8 Å². The third-order valence-electron chi connectivity index (χ3n) is 1.30. The second-order valence-corrected chi connectivity index (χ2v) is 2.61. The number of carbonyl (C=O) groups excluding carboxylic acids is 2. The molecule has 0 radical (unpaired) electrons. The van der Waals surface area contributed by atoms with Crippen molar-refractivity contribution in [2.45, 2.75) is 13.8 Å². The molecule has 1 rings (SSSR count). The summed E-state index contributed by atoms with van der Waals surface area (Å²) in [6.07, 6.45) is 0. The maximum Gasteiger partial charge on any atom is 0.309 e. The lowest BCUT2D eigenvalue weighted by molar-refractivity contribution is -0.134. The molecule has 0 fully saturated rings. The monoisotopic (exact) mass is 198 g/mol. The number of rotatable bonds is 0. The van der Waals surface area contributed by atoms with Crippen molar-refractivity contribution in [3.63, 3.8) is 0 Å². The second-order valence-electron chi connectivity index (χ2n) is 2.61. The molecule has 0 N–H and O–H groups in total. The highest BCUT2D eigenvalue weighted by atomic mass is 16.6. The van der Waals surface area contributed by atoms with Crippen LogP contribution in [0.5, 0.6) is 0 Å². The Kier molecular flexibility index (Phi) is 3.33. The third-order valence-corrected chi connectivity index (χ3v) is 1.30. The van der Waals surface area contributed by atoms with Crippen molar-refractivity contribution in [2.24, 2.45) is 9.98 Å². The summed E-state index contributed by atoms with van der Waals surface area (Å²) in [5, 5.41) is 0. The molecule has 1 aliphatic rings. The standard InChI is InChI=1S/C8H10N2O4/c1-5(11)13-7-3-10-8(4-9-7)14-6(2)12/h3-4H2,1-2H3. The van der Waals surface area contributed by atoms with E-state index in [0.29, 0.717) is 0 Å². The van der Waals surface area contributed by atoms with Gasteiger partial charge in [0, 0.05) is 13.8 Å². The first-order valence-corrected chi connectivity index (χ1v) is 4.01. The number of esters is 2. The highest BCUT2D eigenvalue weighted by Gasteiger charge is 2.12. The predicted octanol–water partition coefficient (Wildman–Crippen LogP) is -0.0768. The Morgan fingerprint density at radius 1 is 1.00 bits per heavy atom. The summed E-state index contributed by atoms with van der Waals surface area (Å²) in [4.78, 5) is 28.8. The maximum absolute atomic E-state index is 10.5. The van der Waals surface area contributed by atoms with Gasteiger partial charge in [-0.2, -0.15) is 0 Å². The Balaban J connectivity index is 2.44. The lowest BCUT2D eigenvalue weighted by atomic mass is 10.5. The third kappa shape index (κ3) is 3.34. The zero-order valence-electron chi connectivity index (χ0n) is 7.94. The minimum absolute atomic E-state index is 0.127. The van der Waals surface area contributed by atoms with Crippen molar-refractivity contribution >= 4 is 23.7 Å². The number of aliphatic imine (C=N–C) groups is 2. The molecule has 0 atom stereocenters. The van der Waals surface area contributed by atoms with Gasteiger partial charge in [0.2, 0.25) is 11.8 Å². The molecule has 6 nitrogen and oxygen atoms in total. The van der Waals surface area contributed by atoms with Gasteiger partial charge in [-0.05, 0) is 0 Å². The Hall–Kier alpha value is -1.72. The van der Waals surface area contributed by atoms with Gasteiger partial charge >= 0.3 is 11.9 Å². The van der Waals surface area contributed by atoms with Crippen LogP contribution in [0.15, 0.2) is 9.98 Å². The molecule has 0 spiro atoms. The van der Waals surface area contributed by atoms with E-state index in [9.17, 15) is 9.59 Å². The van der Waals surface area contributed by atoms with E-state index in [1.165, 1.54) is 13.8 Å². The molecule has 0 amide bonds. The molecule has 0 unspecified atom stereocenters. The lowest BCUT2D eigenvalue weighted by Crippen LogP contribution is -2.23. The number of nitrogens with zero attached hydrogens (tertiary/aromatic N) is 2. The minimum atomic E-state index is -0.435. The molecule has 0 bridgehead atoms. The van der Waals surface area contributed by atoms with Crippen LogP contribution in [-0.4, -0.2) is 36.8 Å². The van der Waals surface area contributed by atoms with E-state index in [4.69, 9.17) is 9.47 Å². The van der Waals surface area contributed by atoms with Gasteiger partial charge in [0.15, 0.2) is 0 Å². The van der Waals surface area contributed by atoms with Gasteiger partial charge in [-0.25, -0.2) is 9.98 Å². The van der Waals surface area contributed by atoms with Crippen molar-refractivity contribution in [1.82, 2.24) is 0 Å². The largest absolute Gasteiger partial charge is 0.410 e. The average molecular weight is 198 g/mol. The summed E-state index contributed by atoms with van der Waals surface area (Å²) in [5.41, 5.74) is 0. The highest BCUT2D eigenvalue weighted by Crippen LogP contribution is 1.97. The zero-order valence-corrected chi connectivity index (χ0v) is 7.94. The summed E-state index contributed by atoms with van der Waals surface area (Å²) >= 11 is 0. The second kappa shape index (κ2) is 4.50. The topological polar surface area (TPSA) is 77.3 Å². The van der Waals surface area contributed by atoms with Crippen LogP contribution in [0.2, 0.25) is 0 Å². The van der Waals surface area contributed by atoms with Crippen molar-refractivity contribution in [3.8, 4) is 0 Å². The van der Waals surface area contributed by atoms with Crippen molar-refractivity contribution < 1.29 is 19.1 Å². The minimum Gasteiger partial charge on any atom is -0.410 e. The first-order chi connectivity index (χ1) is 6.58. The smallest absolute Gasteiger partial charge is 0.309 e. The van der Waals surface area contributed by atoms with Crippen LogP contribution in [0, 0.1) is 0 Å². The zero-order chi connectivity index (χ0) is 10.6. The Labute approximate surface area is 80.6 Å². The van der Waals surface area contributed by atoms with E-state index in [1.807, 2.05) is 0 Å². The molecule has 0 aromatic rings. The molecule has 0 aliphatic carbocycles. The van der Waals surface area contributed by atoms with E-state index < -0.39 is 11.9 Å².